The van der Waals surface area contributed by atoms with E-state index in [1.807, 2.05) is 34.1 Å². The van der Waals surface area contributed by atoms with E-state index >= 15 is 0 Å². The summed E-state index contributed by atoms with van der Waals surface area (Å²) in [5, 5.41) is 28.5. The first-order valence-electron chi connectivity index (χ1n) is 19.8. The molecule has 6 aliphatic rings. The standard InChI is InChI=1S/C40H46N10O6/c51-34-4-2-1-3-29(34)31-20-33-36(45-44-31)42-22-27-23-48(17-18-49(27)33)40(56)47-15-11-25(12-16-47)41-21-24-9-13-46(14-10-24)26-5-6-28-30(19-26)39(55)50(38(28)54)32-7-8-35(52)43-37(32)53/h1-6,19-20,24-25,27,32,41,51H,7-18,21-23H2,(H,42,45)(H,43,52,53)/t27-,32?/m0/s1. The van der Waals surface area contributed by atoms with Gasteiger partial charge in [-0.2, -0.15) is 0 Å². The number of benzene rings is 2. The van der Waals surface area contributed by atoms with Gasteiger partial charge in [-0.3, -0.25) is 29.4 Å². The van der Waals surface area contributed by atoms with Crippen molar-refractivity contribution in [2.75, 3.05) is 74.0 Å². The zero-order valence-corrected chi connectivity index (χ0v) is 31.2. The van der Waals surface area contributed by atoms with Gasteiger partial charge in [0.2, 0.25) is 11.8 Å². The van der Waals surface area contributed by atoms with Gasteiger partial charge in [0.15, 0.2) is 5.82 Å². The molecule has 0 bridgehead atoms. The van der Waals surface area contributed by atoms with E-state index in [0.29, 0.717) is 60.5 Å². The molecule has 16 heteroatoms. The van der Waals surface area contributed by atoms with E-state index in [9.17, 15) is 29.1 Å². The van der Waals surface area contributed by atoms with Gasteiger partial charge in [0.1, 0.15) is 11.8 Å². The van der Waals surface area contributed by atoms with Gasteiger partial charge >= 0.3 is 6.03 Å². The second-order valence-corrected chi connectivity index (χ2v) is 15.7. The van der Waals surface area contributed by atoms with Crippen molar-refractivity contribution >= 4 is 46.9 Å². The summed E-state index contributed by atoms with van der Waals surface area (Å²) in [4.78, 5) is 73.7. The second kappa shape index (κ2) is 14.7. The topological polar surface area (TPSA) is 184 Å². The number of carbonyl (C=O) groups is 5. The smallest absolute Gasteiger partial charge is 0.320 e. The number of phenolic OH excluding ortho intramolecular Hbond substituents is 1. The number of hydrogen-bond donors (Lipinski definition) is 4. The van der Waals surface area contributed by atoms with Crippen LogP contribution in [0.2, 0.25) is 0 Å². The highest BCUT2D eigenvalue weighted by molar-refractivity contribution is 6.23. The SMILES string of the molecule is O=C1CCC(N2C(=O)c3ccc(N4CCC(CNC5CCN(C(=O)N6CCN7c8cc(-c9ccccc9O)nnc8NC[C@H]7C6)CC5)CC4)cc3C2=O)C(=O)N1. The molecule has 9 rings (SSSR count). The maximum Gasteiger partial charge on any atom is 0.320 e. The molecule has 4 N–H and O–H groups in total. The Morgan fingerprint density at radius 2 is 1.61 bits per heavy atom. The fraction of sp³-hybridized carbons (Fsp3) is 0.475. The zero-order valence-electron chi connectivity index (χ0n) is 31.2. The fourth-order valence-corrected chi connectivity index (χ4v) is 9.14. The highest BCUT2D eigenvalue weighted by atomic mass is 16.3. The molecule has 2 atom stereocenters. The number of hydrogen-bond acceptors (Lipinski definition) is 12. The van der Waals surface area contributed by atoms with Crippen LogP contribution in [0.5, 0.6) is 5.75 Å². The van der Waals surface area contributed by atoms with Crippen LogP contribution in [0, 0.1) is 5.92 Å². The normalized spacial score (nSPS) is 23.1. The van der Waals surface area contributed by atoms with Crippen LogP contribution in [0.15, 0.2) is 48.5 Å². The van der Waals surface area contributed by atoms with Crippen molar-refractivity contribution in [3.63, 3.8) is 0 Å². The number of imide groups is 2. The molecule has 0 spiro atoms. The Kier molecular flexibility index (Phi) is 9.43. The Morgan fingerprint density at radius 3 is 2.39 bits per heavy atom. The van der Waals surface area contributed by atoms with E-state index in [1.165, 1.54) is 0 Å². The van der Waals surface area contributed by atoms with E-state index in [1.54, 1.807) is 24.3 Å². The molecule has 1 aromatic heterocycles. The summed E-state index contributed by atoms with van der Waals surface area (Å²) in [7, 11) is 0. The minimum atomic E-state index is -0.973. The predicted molar refractivity (Wildman–Crippen MR) is 206 cm³/mol. The molecule has 7 heterocycles. The van der Waals surface area contributed by atoms with E-state index < -0.39 is 29.7 Å². The number of piperazine rings is 1. The largest absolute Gasteiger partial charge is 0.507 e. The van der Waals surface area contributed by atoms with Crippen LogP contribution < -0.4 is 25.8 Å². The van der Waals surface area contributed by atoms with Crippen LogP contribution in [0.1, 0.15) is 59.2 Å². The second-order valence-electron chi connectivity index (χ2n) is 15.7. The van der Waals surface area contributed by atoms with Crippen molar-refractivity contribution in [3.05, 3.63) is 59.7 Å². The summed E-state index contributed by atoms with van der Waals surface area (Å²) in [6.07, 6.45) is 4.03. The highest BCUT2D eigenvalue weighted by Crippen LogP contribution is 2.37. The number of nitrogens with zero attached hydrogens (tertiary/aromatic N) is 7. The Bertz CT molecular complexity index is 2080. The number of amides is 6. The number of rotatable bonds is 6. The lowest BCUT2D eigenvalue weighted by Gasteiger charge is -2.47. The van der Waals surface area contributed by atoms with Crippen LogP contribution >= 0.6 is 0 Å². The van der Waals surface area contributed by atoms with E-state index in [0.717, 1.165) is 80.5 Å². The van der Waals surface area contributed by atoms with Gasteiger partial charge in [0.25, 0.3) is 11.8 Å². The summed E-state index contributed by atoms with van der Waals surface area (Å²) < 4.78 is 0. The maximum absolute atomic E-state index is 13.7. The van der Waals surface area contributed by atoms with Crippen LogP contribution in [-0.2, 0) is 9.59 Å². The number of aromatic nitrogens is 2. The first kappa shape index (κ1) is 35.9. The van der Waals surface area contributed by atoms with Crippen molar-refractivity contribution in [2.24, 2.45) is 5.92 Å². The molecule has 4 fully saturated rings. The van der Waals surface area contributed by atoms with Crippen LogP contribution in [0.25, 0.3) is 11.3 Å². The number of likely N-dealkylation sites (tertiary alicyclic amines) is 1. The van der Waals surface area contributed by atoms with Crippen molar-refractivity contribution in [1.82, 2.24) is 35.5 Å². The molecule has 0 saturated carbocycles. The number of nitrogens with one attached hydrogen (secondary N) is 3. The number of phenols is 1. The lowest BCUT2D eigenvalue weighted by Crippen LogP contribution is -2.61. The van der Waals surface area contributed by atoms with Gasteiger partial charge in [-0.05, 0) is 81.0 Å². The number of carbonyl (C=O) groups excluding carboxylic acids is 5. The van der Waals surface area contributed by atoms with E-state index in [-0.39, 0.29) is 30.7 Å². The fourth-order valence-electron chi connectivity index (χ4n) is 9.14. The number of urea groups is 1. The minimum absolute atomic E-state index is 0.0912. The quantitative estimate of drug-likeness (QED) is 0.269. The molecule has 1 unspecified atom stereocenters. The molecular formula is C40H46N10O6. The van der Waals surface area contributed by atoms with Gasteiger partial charge < -0.3 is 35.3 Å². The molecule has 16 nitrogen and oxygen atoms in total. The van der Waals surface area contributed by atoms with E-state index in [2.05, 4.69) is 35.9 Å². The zero-order chi connectivity index (χ0) is 38.5. The summed E-state index contributed by atoms with van der Waals surface area (Å²) >= 11 is 0. The van der Waals surface area contributed by atoms with Gasteiger partial charge in [0, 0.05) is 76.1 Å². The van der Waals surface area contributed by atoms with Crippen molar-refractivity contribution in [3.8, 4) is 17.0 Å². The molecule has 56 heavy (non-hydrogen) atoms. The van der Waals surface area contributed by atoms with Crippen LogP contribution in [0.4, 0.5) is 22.0 Å². The molecule has 3 aromatic rings. The molecule has 2 aromatic carbocycles. The Hall–Kier alpha value is -5.77. The van der Waals surface area contributed by atoms with Gasteiger partial charge in [-0.25, -0.2) is 4.79 Å². The summed E-state index contributed by atoms with van der Waals surface area (Å²) in [6.45, 7) is 6.64. The summed E-state index contributed by atoms with van der Waals surface area (Å²) in [6, 6.07) is 14.0. The lowest BCUT2D eigenvalue weighted by molar-refractivity contribution is -0.136. The number of aromatic hydroxyl groups is 1. The van der Waals surface area contributed by atoms with Gasteiger partial charge in [-0.1, -0.05) is 12.1 Å². The van der Waals surface area contributed by atoms with Gasteiger partial charge in [-0.15, -0.1) is 10.2 Å². The van der Waals surface area contributed by atoms with Crippen LogP contribution in [0.3, 0.4) is 0 Å². The number of para-hydroxylation sites is 1. The lowest BCUT2D eigenvalue weighted by atomic mass is 9.95. The third-order valence-electron chi connectivity index (χ3n) is 12.4. The molecule has 6 amide bonds. The maximum atomic E-state index is 13.7. The Morgan fingerprint density at radius 1 is 0.821 bits per heavy atom. The summed E-state index contributed by atoms with van der Waals surface area (Å²) in [5.41, 5.74) is 3.67. The molecule has 292 valence electrons. The van der Waals surface area contributed by atoms with Crippen molar-refractivity contribution < 1.29 is 29.1 Å². The monoisotopic (exact) mass is 762 g/mol. The Balaban J connectivity index is 0.724. The first-order valence-corrected chi connectivity index (χ1v) is 19.8. The van der Waals surface area contributed by atoms with E-state index in [4.69, 9.17) is 0 Å². The minimum Gasteiger partial charge on any atom is -0.507 e. The average Bonchev–Trinajstić information content (AvgIpc) is 3.47. The number of piperidine rings is 3. The van der Waals surface area contributed by atoms with Gasteiger partial charge in [0.05, 0.1) is 28.6 Å². The Labute approximate surface area is 324 Å². The number of fused-ring (bicyclic) bond motifs is 4. The van der Waals surface area contributed by atoms with Crippen molar-refractivity contribution in [2.45, 2.75) is 56.7 Å². The third-order valence-corrected chi connectivity index (χ3v) is 12.4. The molecule has 0 radical (unpaired) electrons. The highest BCUT2D eigenvalue weighted by Gasteiger charge is 2.45. The van der Waals surface area contributed by atoms with Crippen molar-refractivity contribution in [1.29, 1.82) is 0 Å². The van der Waals surface area contributed by atoms with Crippen LogP contribution in [-0.4, -0.2) is 137 Å². The first-order chi connectivity index (χ1) is 27.2. The molecule has 6 aliphatic heterocycles. The number of anilines is 3. The third kappa shape index (κ3) is 6.65. The predicted octanol–water partition coefficient (Wildman–Crippen LogP) is 2.26. The molecule has 4 saturated heterocycles. The summed E-state index contributed by atoms with van der Waals surface area (Å²) in [5.74, 6) is -0.584. The molecular weight excluding hydrogens is 717 g/mol. The average molecular weight is 763 g/mol. The molecule has 0 aliphatic carbocycles.